The molecule has 0 amide bonds. The van der Waals surface area contributed by atoms with Gasteiger partial charge in [0.15, 0.2) is 0 Å². The number of benzene rings is 2. The Balaban J connectivity index is 1.65. The van der Waals surface area contributed by atoms with Crippen molar-refractivity contribution in [2.75, 3.05) is 32.0 Å². The maximum Gasteiger partial charge on any atom is 0.241 e. The molecule has 0 saturated carbocycles. The first kappa shape index (κ1) is 32.8. The lowest BCUT2D eigenvalue weighted by Crippen LogP contribution is -2.32. The van der Waals surface area contributed by atoms with Crippen molar-refractivity contribution in [2.45, 2.75) is 74.4 Å². The van der Waals surface area contributed by atoms with Crippen molar-refractivity contribution in [3.05, 3.63) is 96.3 Å². The molecule has 0 aliphatic heterocycles. The topological polar surface area (TPSA) is 27.7 Å². The van der Waals surface area contributed by atoms with Gasteiger partial charge in [0.25, 0.3) is 0 Å². The first-order valence-electron chi connectivity index (χ1n) is 14.6. The summed E-state index contributed by atoms with van der Waals surface area (Å²) in [6.45, 7) is 7.96. The molecule has 0 bridgehead atoms. The third kappa shape index (κ3) is 12.0. The summed E-state index contributed by atoms with van der Waals surface area (Å²) >= 11 is 3.79. The molecule has 1 aliphatic carbocycles. The van der Waals surface area contributed by atoms with Gasteiger partial charge in [-0.1, -0.05) is 60.7 Å². The van der Waals surface area contributed by atoms with Crippen molar-refractivity contribution in [1.82, 2.24) is 0 Å². The molecular weight excluding hydrogens is 549 g/mol. The molecule has 3 rings (SSSR count). The van der Waals surface area contributed by atoms with Gasteiger partial charge < -0.3 is 13.9 Å². The van der Waals surface area contributed by atoms with E-state index < -0.39 is 8.32 Å². The summed E-state index contributed by atoms with van der Waals surface area (Å²) < 4.78 is 17.7. The number of ether oxygens (including phenoxy) is 2. The molecule has 0 atom stereocenters. The summed E-state index contributed by atoms with van der Waals surface area (Å²) in [4.78, 5) is 2.65. The Kier molecular flexibility index (Phi) is 14.7. The molecule has 218 valence electrons. The molecule has 0 aromatic heterocycles. The number of methoxy groups -OCH3 is 1. The summed E-state index contributed by atoms with van der Waals surface area (Å²) in [7, 11) is -0.0908. The summed E-state index contributed by atoms with van der Waals surface area (Å²) in [5.41, 5.74) is 1.57. The SMILES string of the molecule is COCOCCC1=C(O[Si](C)(C)C)C(CC/C=C/CSc2ccccc2)(CC/C=C/CSc2ccccc2)CC1. The zero-order valence-corrected chi connectivity index (χ0v) is 27.5. The molecule has 0 spiro atoms. The fourth-order valence-corrected chi connectivity index (χ4v) is 7.59. The largest absolute Gasteiger partial charge is 0.547 e. The Labute approximate surface area is 253 Å². The van der Waals surface area contributed by atoms with Crippen LogP contribution in [0, 0.1) is 5.41 Å². The van der Waals surface area contributed by atoms with Gasteiger partial charge in [0.1, 0.15) is 6.79 Å². The smallest absolute Gasteiger partial charge is 0.241 e. The van der Waals surface area contributed by atoms with E-state index in [4.69, 9.17) is 13.9 Å². The Morgan fingerprint density at radius 2 is 1.35 bits per heavy atom. The Morgan fingerprint density at radius 3 is 1.85 bits per heavy atom. The van der Waals surface area contributed by atoms with E-state index in [1.165, 1.54) is 27.5 Å². The lowest BCUT2D eigenvalue weighted by molar-refractivity contribution is -0.0293. The van der Waals surface area contributed by atoms with Gasteiger partial charge in [-0.3, -0.25) is 0 Å². The summed E-state index contributed by atoms with van der Waals surface area (Å²) in [5.74, 6) is 3.32. The zero-order valence-electron chi connectivity index (χ0n) is 24.9. The number of rotatable bonds is 19. The Hall–Kier alpha value is -1.70. The van der Waals surface area contributed by atoms with Crippen LogP contribution in [0.1, 0.15) is 44.9 Å². The second-order valence-electron chi connectivity index (χ2n) is 11.3. The molecule has 40 heavy (non-hydrogen) atoms. The van der Waals surface area contributed by atoms with Crippen LogP contribution in [0.4, 0.5) is 0 Å². The van der Waals surface area contributed by atoms with Crippen LogP contribution in [0.25, 0.3) is 0 Å². The lowest BCUT2D eigenvalue weighted by atomic mass is 9.77. The summed E-state index contributed by atoms with van der Waals surface area (Å²) in [6.07, 6.45) is 17.1. The fraction of sp³-hybridized carbons (Fsp3) is 0.471. The highest BCUT2D eigenvalue weighted by molar-refractivity contribution is 7.99. The highest BCUT2D eigenvalue weighted by Gasteiger charge is 2.42. The predicted molar refractivity (Wildman–Crippen MR) is 177 cm³/mol. The molecule has 0 N–H and O–H groups in total. The van der Waals surface area contributed by atoms with Gasteiger partial charge in [-0.15, -0.1) is 23.5 Å². The standard InChI is InChI=1S/C34H48O3S2Si/c1-35-29-36-26-22-30-21-25-34(33(30)37-40(2,3)4,23-13-7-15-27-38-31-17-9-5-10-18-31)24-14-8-16-28-39-32-19-11-6-12-20-32/h5-12,15-20H,13-14,21-29H2,1-4H3/b15-7+,16-8+. The number of thioether (sulfide) groups is 2. The van der Waals surface area contributed by atoms with Gasteiger partial charge in [-0.25, -0.2) is 0 Å². The van der Waals surface area contributed by atoms with Gasteiger partial charge in [0, 0.05) is 33.8 Å². The summed E-state index contributed by atoms with van der Waals surface area (Å²) in [5, 5.41) is 0. The van der Waals surface area contributed by atoms with Crippen molar-refractivity contribution in [3.8, 4) is 0 Å². The van der Waals surface area contributed by atoms with Crippen molar-refractivity contribution in [1.29, 1.82) is 0 Å². The molecule has 0 unspecified atom stereocenters. The predicted octanol–water partition coefficient (Wildman–Crippen LogP) is 10.1. The molecule has 0 fully saturated rings. The second kappa shape index (κ2) is 18.0. The minimum atomic E-state index is -1.77. The fourth-order valence-electron chi connectivity index (χ4n) is 5.07. The maximum atomic E-state index is 6.93. The van der Waals surface area contributed by atoms with E-state index >= 15 is 0 Å². The van der Waals surface area contributed by atoms with E-state index in [2.05, 4.69) is 105 Å². The lowest BCUT2D eigenvalue weighted by Gasteiger charge is -2.36. The quantitative estimate of drug-likeness (QED) is 0.0529. The number of hydrogen-bond acceptors (Lipinski definition) is 5. The minimum Gasteiger partial charge on any atom is -0.547 e. The van der Waals surface area contributed by atoms with E-state index in [-0.39, 0.29) is 5.41 Å². The molecule has 3 nitrogen and oxygen atoms in total. The van der Waals surface area contributed by atoms with E-state index in [9.17, 15) is 0 Å². The average Bonchev–Trinajstić information content (AvgIpc) is 3.27. The van der Waals surface area contributed by atoms with Crippen molar-refractivity contribution in [2.24, 2.45) is 5.41 Å². The molecule has 2 aromatic rings. The van der Waals surface area contributed by atoms with Crippen LogP contribution in [-0.2, 0) is 13.9 Å². The normalized spacial score (nSPS) is 15.5. The van der Waals surface area contributed by atoms with E-state index in [1.54, 1.807) is 7.11 Å². The molecule has 0 heterocycles. The molecule has 1 aliphatic rings. The van der Waals surface area contributed by atoms with Crippen molar-refractivity contribution >= 4 is 31.8 Å². The van der Waals surface area contributed by atoms with Crippen molar-refractivity contribution in [3.63, 3.8) is 0 Å². The Bertz CT molecular complexity index is 1000. The molecular formula is C34H48O3S2Si. The monoisotopic (exact) mass is 596 g/mol. The first-order chi connectivity index (χ1) is 19.4. The molecule has 2 aromatic carbocycles. The van der Waals surface area contributed by atoms with Crippen LogP contribution in [0.5, 0.6) is 0 Å². The van der Waals surface area contributed by atoms with Crippen LogP contribution in [0.2, 0.25) is 19.6 Å². The number of hydrogen-bond donors (Lipinski definition) is 0. The van der Waals surface area contributed by atoms with E-state index in [0.717, 1.165) is 50.0 Å². The maximum absolute atomic E-state index is 6.93. The van der Waals surface area contributed by atoms with Crippen LogP contribution in [0.15, 0.2) is 106 Å². The molecule has 0 radical (unpaired) electrons. The van der Waals surface area contributed by atoms with Crippen LogP contribution < -0.4 is 0 Å². The Morgan fingerprint density at radius 1 is 0.800 bits per heavy atom. The highest BCUT2D eigenvalue weighted by atomic mass is 32.2. The highest BCUT2D eigenvalue weighted by Crippen LogP contribution is 2.52. The summed E-state index contributed by atoms with van der Waals surface area (Å²) in [6, 6.07) is 21.3. The molecule has 6 heteroatoms. The van der Waals surface area contributed by atoms with Crippen LogP contribution >= 0.6 is 23.5 Å². The molecule has 0 saturated heterocycles. The van der Waals surface area contributed by atoms with Crippen LogP contribution in [0.3, 0.4) is 0 Å². The van der Waals surface area contributed by atoms with Gasteiger partial charge in [-0.2, -0.15) is 0 Å². The minimum absolute atomic E-state index is 0.102. The third-order valence-corrected chi connectivity index (χ3v) is 9.70. The van der Waals surface area contributed by atoms with Crippen LogP contribution in [-0.4, -0.2) is 40.3 Å². The van der Waals surface area contributed by atoms with Crippen molar-refractivity contribution < 1.29 is 13.9 Å². The number of allylic oxidation sites excluding steroid dienone is 3. The zero-order chi connectivity index (χ0) is 28.5. The van der Waals surface area contributed by atoms with Gasteiger partial charge in [0.2, 0.25) is 8.32 Å². The first-order valence-corrected chi connectivity index (χ1v) is 19.9. The van der Waals surface area contributed by atoms with Gasteiger partial charge in [-0.05, 0) is 94.4 Å². The van der Waals surface area contributed by atoms with Gasteiger partial charge >= 0.3 is 0 Å². The second-order valence-corrected chi connectivity index (χ2v) is 17.9. The van der Waals surface area contributed by atoms with E-state index in [0.29, 0.717) is 13.4 Å². The van der Waals surface area contributed by atoms with Gasteiger partial charge in [0.05, 0.1) is 12.4 Å². The average molecular weight is 597 g/mol. The third-order valence-electron chi connectivity index (χ3n) is 6.96. The van der Waals surface area contributed by atoms with E-state index in [1.807, 2.05) is 23.5 Å².